The molecule has 1 fully saturated rings. The smallest absolute Gasteiger partial charge is 0.0411 e. The van der Waals surface area contributed by atoms with Crippen LogP contribution in [0, 0.1) is 11.8 Å². The van der Waals surface area contributed by atoms with Crippen molar-refractivity contribution in [2.24, 2.45) is 11.8 Å². The van der Waals surface area contributed by atoms with Gasteiger partial charge in [0.1, 0.15) is 0 Å². The molecular formula is C19H32N2. The molecule has 2 rings (SSSR count). The summed E-state index contributed by atoms with van der Waals surface area (Å²) in [6, 6.07) is 9.60. The summed E-state index contributed by atoms with van der Waals surface area (Å²) >= 11 is 0. The molecule has 118 valence electrons. The quantitative estimate of drug-likeness (QED) is 0.832. The molecule has 0 bridgehead atoms. The molecule has 0 atom stereocenters. The highest BCUT2D eigenvalue weighted by Crippen LogP contribution is 2.30. The number of hydrogen-bond acceptors (Lipinski definition) is 2. The normalized spacial score (nSPS) is 22.5. The van der Waals surface area contributed by atoms with E-state index in [4.69, 9.17) is 0 Å². The number of hydrogen-bond donors (Lipinski definition) is 1. The average molecular weight is 288 g/mol. The molecule has 1 saturated carbocycles. The second kappa shape index (κ2) is 7.84. The van der Waals surface area contributed by atoms with Crippen LogP contribution in [-0.4, -0.2) is 19.6 Å². The lowest BCUT2D eigenvalue weighted by Gasteiger charge is -2.36. The van der Waals surface area contributed by atoms with Crippen LogP contribution in [0.3, 0.4) is 0 Å². The third-order valence-electron chi connectivity index (χ3n) is 4.77. The Kier molecular flexibility index (Phi) is 6.10. The fourth-order valence-corrected chi connectivity index (χ4v) is 3.33. The molecule has 21 heavy (non-hydrogen) atoms. The van der Waals surface area contributed by atoms with Gasteiger partial charge in [-0.25, -0.2) is 0 Å². The summed E-state index contributed by atoms with van der Waals surface area (Å²) in [5.74, 6) is 1.62. The first-order chi connectivity index (χ1) is 10.1. The van der Waals surface area contributed by atoms with Crippen LogP contribution in [0.25, 0.3) is 0 Å². The molecule has 0 radical (unpaired) electrons. The van der Waals surface area contributed by atoms with Crippen LogP contribution in [-0.2, 0) is 6.54 Å². The molecule has 0 amide bonds. The van der Waals surface area contributed by atoms with Crippen LogP contribution in [0.5, 0.6) is 0 Å². The molecule has 1 aromatic rings. The van der Waals surface area contributed by atoms with Crippen molar-refractivity contribution in [3.8, 4) is 0 Å². The average Bonchev–Trinajstić information content (AvgIpc) is 2.47. The number of rotatable bonds is 6. The number of nitrogens with one attached hydrogen (secondary N) is 1. The third kappa shape index (κ3) is 4.74. The monoisotopic (exact) mass is 288 g/mol. The molecule has 0 aliphatic heterocycles. The third-order valence-corrected chi connectivity index (χ3v) is 4.77. The Hall–Kier alpha value is -1.02. The van der Waals surface area contributed by atoms with E-state index in [1.54, 1.807) is 0 Å². The SMILES string of the molecule is CC(C)CNCc1ccccc1N(C)C1CCC(C)CC1. The number of nitrogens with zero attached hydrogens (tertiary/aromatic N) is 1. The first-order valence-electron chi connectivity index (χ1n) is 8.59. The van der Waals surface area contributed by atoms with Gasteiger partial charge in [0.05, 0.1) is 0 Å². The molecule has 1 aromatic carbocycles. The van der Waals surface area contributed by atoms with Gasteiger partial charge in [-0.15, -0.1) is 0 Å². The van der Waals surface area contributed by atoms with Gasteiger partial charge >= 0.3 is 0 Å². The first kappa shape index (κ1) is 16.4. The van der Waals surface area contributed by atoms with Crippen molar-refractivity contribution in [1.29, 1.82) is 0 Å². The molecule has 1 aliphatic rings. The fraction of sp³-hybridized carbons (Fsp3) is 0.684. The molecule has 0 unspecified atom stereocenters. The molecular weight excluding hydrogens is 256 g/mol. The molecule has 0 heterocycles. The van der Waals surface area contributed by atoms with Crippen molar-refractivity contribution < 1.29 is 0 Å². The highest BCUT2D eigenvalue weighted by Gasteiger charge is 2.22. The standard InChI is InChI=1S/C19H32N2/c1-15(2)13-20-14-17-7-5-6-8-19(17)21(4)18-11-9-16(3)10-12-18/h5-8,15-16,18,20H,9-14H2,1-4H3. The van der Waals surface area contributed by atoms with Crippen LogP contribution in [0.2, 0.25) is 0 Å². The van der Waals surface area contributed by atoms with Crippen molar-refractivity contribution >= 4 is 5.69 Å². The Labute approximate surface area is 130 Å². The van der Waals surface area contributed by atoms with Crippen LogP contribution in [0.4, 0.5) is 5.69 Å². The highest BCUT2D eigenvalue weighted by molar-refractivity contribution is 5.53. The zero-order chi connectivity index (χ0) is 15.2. The molecule has 1 aliphatic carbocycles. The largest absolute Gasteiger partial charge is 0.371 e. The van der Waals surface area contributed by atoms with Gasteiger partial charge in [-0.2, -0.15) is 0 Å². The Morgan fingerprint density at radius 1 is 1.14 bits per heavy atom. The fourth-order valence-electron chi connectivity index (χ4n) is 3.33. The number of para-hydroxylation sites is 1. The van der Waals surface area contributed by atoms with Gasteiger partial charge in [-0.1, -0.05) is 39.0 Å². The Morgan fingerprint density at radius 2 is 1.81 bits per heavy atom. The van der Waals surface area contributed by atoms with Crippen LogP contribution in [0.1, 0.15) is 52.0 Å². The van der Waals surface area contributed by atoms with E-state index >= 15 is 0 Å². The minimum Gasteiger partial charge on any atom is -0.371 e. The minimum absolute atomic E-state index is 0.703. The number of anilines is 1. The highest BCUT2D eigenvalue weighted by atomic mass is 15.1. The molecule has 2 heteroatoms. The van der Waals surface area contributed by atoms with Gasteiger partial charge in [-0.05, 0) is 55.7 Å². The van der Waals surface area contributed by atoms with Crippen molar-refractivity contribution in [1.82, 2.24) is 5.32 Å². The van der Waals surface area contributed by atoms with Gasteiger partial charge in [0, 0.05) is 25.3 Å². The van der Waals surface area contributed by atoms with E-state index in [-0.39, 0.29) is 0 Å². The topological polar surface area (TPSA) is 15.3 Å². The van der Waals surface area contributed by atoms with Crippen molar-refractivity contribution in [3.63, 3.8) is 0 Å². The maximum absolute atomic E-state index is 3.58. The molecule has 2 nitrogen and oxygen atoms in total. The summed E-state index contributed by atoms with van der Waals surface area (Å²) in [7, 11) is 2.28. The number of benzene rings is 1. The summed E-state index contributed by atoms with van der Waals surface area (Å²) in [5.41, 5.74) is 2.84. The lowest BCUT2D eigenvalue weighted by molar-refractivity contribution is 0.340. The zero-order valence-electron chi connectivity index (χ0n) is 14.2. The van der Waals surface area contributed by atoms with E-state index in [2.05, 4.69) is 62.3 Å². The van der Waals surface area contributed by atoms with Gasteiger partial charge in [0.25, 0.3) is 0 Å². The second-order valence-corrected chi connectivity index (χ2v) is 7.18. The van der Waals surface area contributed by atoms with E-state index < -0.39 is 0 Å². The van der Waals surface area contributed by atoms with Crippen molar-refractivity contribution in [3.05, 3.63) is 29.8 Å². The predicted octanol–water partition coefficient (Wildman–Crippen LogP) is 4.45. The van der Waals surface area contributed by atoms with Crippen LogP contribution >= 0.6 is 0 Å². The Balaban J connectivity index is 2.01. The van der Waals surface area contributed by atoms with Crippen molar-refractivity contribution in [2.75, 3.05) is 18.5 Å². The summed E-state index contributed by atoms with van der Waals surface area (Å²) < 4.78 is 0. The maximum Gasteiger partial charge on any atom is 0.0411 e. The van der Waals surface area contributed by atoms with Gasteiger partial charge < -0.3 is 10.2 Å². The van der Waals surface area contributed by atoms with Crippen LogP contribution < -0.4 is 10.2 Å². The Bertz CT molecular complexity index is 419. The minimum atomic E-state index is 0.703. The van der Waals surface area contributed by atoms with E-state index in [1.165, 1.54) is 36.9 Å². The van der Waals surface area contributed by atoms with E-state index in [0.717, 1.165) is 19.0 Å². The molecule has 0 saturated heterocycles. The van der Waals surface area contributed by atoms with Gasteiger partial charge in [0.2, 0.25) is 0 Å². The summed E-state index contributed by atoms with van der Waals surface area (Å²) in [6.45, 7) is 8.96. The predicted molar refractivity (Wildman–Crippen MR) is 92.8 cm³/mol. The van der Waals surface area contributed by atoms with Gasteiger partial charge in [0.15, 0.2) is 0 Å². The lowest BCUT2D eigenvalue weighted by atomic mass is 9.86. The summed E-state index contributed by atoms with van der Waals surface area (Å²) in [6.07, 6.45) is 5.43. The first-order valence-corrected chi connectivity index (χ1v) is 8.59. The molecule has 0 spiro atoms. The summed E-state index contributed by atoms with van der Waals surface area (Å²) in [5, 5.41) is 3.58. The summed E-state index contributed by atoms with van der Waals surface area (Å²) in [4.78, 5) is 2.53. The molecule has 0 aromatic heterocycles. The molecule has 1 N–H and O–H groups in total. The van der Waals surface area contributed by atoms with E-state index in [0.29, 0.717) is 12.0 Å². The Morgan fingerprint density at radius 3 is 2.48 bits per heavy atom. The maximum atomic E-state index is 3.58. The van der Waals surface area contributed by atoms with E-state index in [9.17, 15) is 0 Å². The van der Waals surface area contributed by atoms with Crippen LogP contribution in [0.15, 0.2) is 24.3 Å². The zero-order valence-corrected chi connectivity index (χ0v) is 14.2. The van der Waals surface area contributed by atoms with Crippen molar-refractivity contribution in [2.45, 2.75) is 59.0 Å². The lowest BCUT2D eigenvalue weighted by Crippen LogP contribution is -2.35. The van der Waals surface area contributed by atoms with E-state index in [1.807, 2.05) is 0 Å². The van der Waals surface area contributed by atoms with Gasteiger partial charge in [-0.3, -0.25) is 0 Å². The second-order valence-electron chi connectivity index (χ2n) is 7.18.